The molecule has 1 aromatic heterocycles. The molecule has 0 spiro atoms. The van der Waals surface area contributed by atoms with Gasteiger partial charge in [-0.2, -0.15) is 5.10 Å². The minimum Gasteiger partial charge on any atom is -0.310 e. The molecule has 4 nitrogen and oxygen atoms in total. The lowest BCUT2D eigenvalue weighted by Gasteiger charge is -2.19. The number of aryl methyl sites for hydroxylation is 2. The Morgan fingerprint density at radius 1 is 1.29 bits per heavy atom. The molecule has 128 valence electrons. The first-order chi connectivity index (χ1) is 11.4. The lowest BCUT2D eigenvalue weighted by molar-refractivity contribution is -0.120. The number of benzene rings is 1. The molecule has 2 heterocycles. The second-order valence-corrected chi connectivity index (χ2v) is 7.87. The summed E-state index contributed by atoms with van der Waals surface area (Å²) in [5.74, 6) is 0.702. The molecule has 0 bridgehead atoms. The molecule has 1 saturated heterocycles. The van der Waals surface area contributed by atoms with Crippen LogP contribution in [0.25, 0.3) is 0 Å². The summed E-state index contributed by atoms with van der Waals surface area (Å²) in [6.45, 7) is 9.22. The summed E-state index contributed by atoms with van der Waals surface area (Å²) in [4.78, 5) is 14.8. The molecule has 3 rings (SSSR count). The molecule has 0 radical (unpaired) electrons. The van der Waals surface area contributed by atoms with Gasteiger partial charge in [-0.25, -0.2) is 0 Å². The Balaban J connectivity index is 1.81. The third-order valence-electron chi connectivity index (χ3n) is 4.51. The number of nitrogens with zero attached hydrogens (tertiary/aromatic N) is 3. The van der Waals surface area contributed by atoms with E-state index < -0.39 is 0 Å². The number of anilines is 1. The summed E-state index contributed by atoms with van der Waals surface area (Å²) in [6, 6.07) is 5.99. The van der Waals surface area contributed by atoms with Crippen molar-refractivity contribution < 1.29 is 4.79 Å². The summed E-state index contributed by atoms with van der Waals surface area (Å²) >= 11 is 3.59. The summed E-state index contributed by atoms with van der Waals surface area (Å²) in [6.07, 6.45) is 3.69. The Kier molecular flexibility index (Phi) is 4.81. The fourth-order valence-corrected chi connectivity index (χ4v) is 3.55. The lowest BCUT2D eigenvalue weighted by Crippen LogP contribution is -2.28. The zero-order chi connectivity index (χ0) is 17.4. The molecule has 1 amide bonds. The predicted molar refractivity (Wildman–Crippen MR) is 100 cm³/mol. The van der Waals surface area contributed by atoms with E-state index in [0.29, 0.717) is 5.92 Å². The highest BCUT2D eigenvalue weighted by Crippen LogP contribution is 2.32. The molecule has 0 saturated carbocycles. The fraction of sp³-hybridized carbons (Fsp3) is 0.474. The second-order valence-electron chi connectivity index (χ2n) is 7.07. The molecule has 2 aromatic rings. The Hall–Kier alpha value is -1.62. The zero-order valence-corrected chi connectivity index (χ0v) is 16.3. The van der Waals surface area contributed by atoms with Gasteiger partial charge >= 0.3 is 0 Å². The zero-order valence-electron chi connectivity index (χ0n) is 14.7. The quantitative estimate of drug-likeness (QED) is 0.774. The highest BCUT2D eigenvalue weighted by Gasteiger charge is 2.34. The van der Waals surface area contributed by atoms with Crippen LogP contribution in [-0.2, 0) is 11.2 Å². The van der Waals surface area contributed by atoms with Crippen molar-refractivity contribution in [1.82, 2.24) is 9.78 Å². The van der Waals surface area contributed by atoms with E-state index >= 15 is 0 Å². The van der Waals surface area contributed by atoms with Gasteiger partial charge in [-0.15, -0.1) is 0 Å². The third kappa shape index (κ3) is 3.27. The smallest absolute Gasteiger partial charge is 0.251 e. The summed E-state index contributed by atoms with van der Waals surface area (Å²) in [7, 11) is 0. The maximum atomic E-state index is 12.9. The van der Waals surface area contributed by atoms with Crippen LogP contribution in [-0.4, -0.2) is 22.2 Å². The van der Waals surface area contributed by atoms with Crippen LogP contribution in [0.3, 0.4) is 0 Å². The van der Waals surface area contributed by atoms with Crippen LogP contribution >= 0.6 is 15.9 Å². The molecule has 1 fully saturated rings. The van der Waals surface area contributed by atoms with E-state index in [1.807, 2.05) is 21.8 Å². The van der Waals surface area contributed by atoms with Crippen LogP contribution in [0, 0.1) is 19.8 Å². The Morgan fingerprint density at radius 3 is 2.58 bits per heavy atom. The van der Waals surface area contributed by atoms with Gasteiger partial charge < -0.3 is 4.90 Å². The van der Waals surface area contributed by atoms with E-state index in [-0.39, 0.29) is 11.9 Å². The highest BCUT2D eigenvalue weighted by molar-refractivity contribution is 9.10. The van der Waals surface area contributed by atoms with Gasteiger partial charge in [0.15, 0.2) is 0 Å². The first-order valence-electron chi connectivity index (χ1n) is 8.49. The predicted octanol–water partition coefficient (Wildman–Crippen LogP) is 4.44. The molecule has 24 heavy (non-hydrogen) atoms. The van der Waals surface area contributed by atoms with Crippen LogP contribution in [0.4, 0.5) is 5.69 Å². The van der Waals surface area contributed by atoms with Crippen molar-refractivity contribution in [3.05, 3.63) is 45.7 Å². The van der Waals surface area contributed by atoms with E-state index in [4.69, 9.17) is 0 Å². The van der Waals surface area contributed by atoms with Gasteiger partial charge in [0.2, 0.25) is 0 Å². The second kappa shape index (κ2) is 6.71. The van der Waals surface area contributed by atoms with Crippen LogP contribution in [0.1, 0.15) is 43.1 Å². The third-order valence-corrected chi connectivity index (χ3v) is 5.76. The maximum Gasteiger partial charge on any atom is 0.251 e. The summed E-state index contributed by atoms with van der Waals surface area (Å²) < 4.78 is 2.96. The molecular formula is C19H24BrN3O. The van der Waals surface area contributed by atoms with Gasteiger partial charge in [-0.3, -0.25) is 9.48 Å². The molecule has 1 atom stereocenters. The van der Waals surface area contributed by atoms with Crippen molar-refractivity contribution >= 4 is 27.5 Å². The van der Waals surface area contributed by atoms with Gasteiger partial charge in [0.05, 0.1) is 5.69 Å². The molecule has 5 heteroatoms. The molecule has 1 aromatic carbocycles. The van der Waals surface area contributed by atoms with Crippen molar-refractivity contribution in [3.63, 3.8) is 0 Å². The Morgan fingerprint density at radius 2 is 1.96 bits per heavy atom. The number of amides is 1. The largest absolute Gasteiger partial charge is 0.310 e. The number of halogens is 1. The summed E-state index contributed by atoms with van der Waals surface area (Å²) in [5, 5.41) is 4.62. The topological polar surface area (TPSA) is 38.1 Å². The van der Waals surface area contributed by atoms with Gasteiger partial charge in [0.1, 0.15) is 6.04 Å². The van der Waals surface area contributed by atoms with Crippen LogP contribution in [0.5, 0.6) is 0 Å². The van der Waals surface area contributed by atoms with Crippen LogP contribution in [0.15, 0.2) is 28.9 Å². The van der Waals surface area contributed by atoms with Crippen molar-refractivity contribution in [2.75, 3.05) is 11.4 Å². The minimum absolute atomic E-state index is 0.135. The minimum atomic E-state index is -0.185. The highest BCUT2D eigenvalue weighted by atomic mass is 79.9. The number of rotatable bonds is 4. The maximum absolute atomic E-state index is 12.9. The molecule has 1 aliphatic heterocycles. The van der Waals surface area contributed by atoms with Gasteiger partial charge in [0, 0.05) is 22.9 Å². The van der Waals surface area contributed by atoms with E-state index in [1.54, 1.807) is 0 Å². The average molecular weight is 390 g/mol. The van der Waals surface area contributed by atoms with Gasteiger partial charge in [0.25, 0.3) is 5.91 Å². The van der Waals surface area contributed by atoms with Crippen molar-refractivity contribution in [2.45, 2.75) is 46.6 Å². The number of aromatic nitrogens is 2. The van der Waals surface area contributed by atoms with Crippen LogP contribution in [0.2, 0.25) is 0 Å². The van der Waals surface area contributed by atoms with Crippen LogP contribution < -0.4 is 4.90 Å². The van der Waals surface area contributed by atoms with Gasteiger partial charge in [-0.05, 0) is 61.9 Å². The molecule has 1 aliphatic rings. The fourth-order valence-electron chi connectivity index (χ4n) is 3.32. The molecule has 0 aliphatic carbocycles. The number of carbonyl (C=O) groups excluding carboxylic acids is 1. The van der Waals surface area contributed by atoms with E-state index in [9.17, 15) is 4.79 Å². The average Bonchev–Trinajstić information content (AvgIpc) is 3.10. The molecule has 1 unspecified atom stereocenters. The Bertz CT molecular complexity index is 743. The number of carbonyl (C=O) groups is 1. The first kappa shape index (κ1) is 17.2. The van der Waals surface area contributed by atoms with Crippen molar-refractivity contribution in [3.8, 4) is 0 Å². The van der Waals surface area contributed by atoms with E-state index in [1.165, 1.54) is 0 Å². The first-order valence-corrected chi connectivity index (χ1v) is 9.28. The van der Waals surface area contributed by atoms with E-state index in [2.05, 4.69) is 60.9 Å². The Labute approximate surface area is 152 Å². The van der Waals surface area contributed by atoms with Crippen molar-refractivity contribution in [2.24, 2.45) is 5.92 Å². The summed E-state index contributed by atoms with van der Waals surface area (Å²) in [5.41, 5.74) is 4.35. The monoisotopic (exact) mass is 389 g/mol. The van der Waals surface area contributed by atoms with Crippen molar-refractivity contribution in [1.29, 1.82) is 0 Å². The standard InChI is InChI=1S/C19H24BrN3O/c1-12(2)9-15-5-8-23(21-15)17-6-7-22(19(17)24)16-10-13(3)18(20)14(4)11-16/h5,8,10-12,17H,6-7,9H2,1-4H3. The number of hydrogen-bond acceptors (Lipinski definition) is 2. The SMILES string of the molecule is Cc1cc(N2CCC(n3ccc(CC(C)C)n3)C2=O)cc(C)c1Br. The molecule has 0 N–H and O–H groups in total. The number of hydrogen-bond donors (Lipinski definition) is 0. The van der Waals surface area contributed by atoms with E-state index in [0.717, 1.165) is 46.4 Å². The lowest BCUT2D eigenvalue weighted by atomic mass is 10.1. The molecular weight excluding hydrogens is 366 g/mol. The normalized spacial score (nSPS) is 18.0. The van der Waals surface area contributed by atoms with Gasteiger partial charge in [-0.1, -0.05) is 29.8 Å².